The molecule has 0 aliphatic rings. The molecular weight excluding hydrogens is 335 g/mol. The van der Waals surface area contributed by atoms with Gasteiger partial charge in [0.25, 0.3) is 0 Å². The molecule has 21 heavy (non-hydrogen) atoms. The summed E-state index contributed by atoms with van der Waals surface area (Å²) in [4.78, 5) is 0. The summed E-state index contributed by atoms with van der Waals surface area (Å²) in [5, 5.41) is 10.7. The number of aryl methyl sites for hydroxylation is 2. The molecule has 0 aromatic heterocycles. The molecule has 4 heteroatoms. The monoisotopic (exact) mass is 352 g/mol. The number of hydrogen-bond acceptors (Lipinski definition) is 2. The van der Waals surface area contributed by atoms with E-state index in [1.807, 2.05) is 26.8 Å². The van der Waals surface area contributed by atoms with Crippen LogP contribution in [0.5, 0.6) is 5.75 Å². The van der Waals surface area contributed by atoms with E-state index in [0.717, 1.165) is 21.2 Å². The minimum absolute atomic E-state index is 0.250. The summed E-state index contributed by atoms with van der Waals surface area (Å²) in [5.74, 6) is 0.171. The summed E-state index contributed by atoms with van der Waals surface area (Å²) in [6.45, 7) is 5.58. The van der Waals surface area contributed by atoms with Gasteiger partial charge in [-0.05, 0) is 49.6 Å². The number of aliphatic hydroxyl groups is 1. The minimum Gasteiger partial charge on any atom is -0.496 e. The van der Waals surface area contributed by atoms with E-state index in [9.17, 15) is 9.50 Å². The lowest BCUT2D eigenvalue weighted by Crippen LogP contribution is -2.08. The Balaban J connectivity index is 2.65. The van der Waals surface area contributed by atoms with E-state index in [1.54, 1.807) is 19.2 Å². The van der Waals surface area contributed by atoms with Gasteiger partial charge in [-0.25, -0.2) is 4.39 Å². The number of rotatable bonds is 3. The number of hydrogen-bond donors (Lipinski definition) is 1. The second-order valence-electron chi connectivity index (χ2n) is 5.17. The lowest BCUT2D eigenvalue weighted by Gasteiger charge is -2.21. The first-order chi connectivity index (χ1) is 9.86. The van der Waals surface area contributed by atoms with E-state index in [4.69, 9.17) is 4.74 Å². The third-order valence-corrected chi connectivity index (χ3v) is 4.46. The van der Waals surface area contributed by atoms with E-state index in [0.29, 0.717) is 11.3 Å². The Kier molecular flexibility index (Phi) is 4.69. The molecule has 0 saturated carbocycles. The Bertz CT molecular complexity index is 683. The molecule has 2 aromatic carbocycles. The molecule has 1 N–H and O–H groups in total. The topological polar surface area (TPSA) is 29.5 Å². The lowest BCUT2D eigenvalue weighted by molar-refractivity contribution is 0.208. The maximum atomic E-state index is 14.1. The minimum atomic E-state index is -1.07. The van der Waals surface area contributed by atoms with Crippen LogP contribution in [0.3, 0.4) is 0 Å². The van der Waals surface area contributed by atoms with Crippen molar-refractivity contribution in [3.63, 3.8) is 0 Å². The molecule has 0 fully saturated rings. The van der Waals surface area contributed by atoms with Crippen LogP contribution in [0.25, 0.3) is 0 Å². The van der Waals surface area contributed by atoms with E-state index < -0.39 is 11.9 Å². The van der Waals surface area contributed by atoms with Crippen LogP contribution in [0.1, 0.15) is 33.9 Å². The van der Waals surface area contributed by atoms with Crippen molar-refractivity contribution >= 4 is 15.9 Å². The normalized spacial score (nSPS) is 12.3. The van der Waals surface area contributed by atoms with E-state index in [-0.39, 0.29) is 5.56 Å². The van der Waals surface area contributed by atoms with Gasteiger partial charge in [-0.3, -0.25) is 0 Å². The molecule has 0 aliphatic heterocycles. The van der Waals surface area contributed by atoms with Crippen molar-refractivity contribution in [1.29, 1.82) is 0 Å². The van der Waals surface area contributed by atoms with Gasteiger partial charge >= 0.3 is 0 Å². The van der Waals surface area contributed by atoms with E-state index in [1.165, 1.54) is 6.07 Å². The molecule has 0 saturated heterocycles. The standard InChI is InChI=1S/C17H18BrFO2/c1-9-5-6-12(14(19)7-9)16(20)15-11(3)13(18)8-10(2)17(15)21-4/h5-8,16,20H,1-4H3. The second kappa shape index (κ2) is 6.16. The van der Waals surface area contributed by atoms with Crippen molar-refractivity contribution < 1.29 is 14.2 Å². The number of ether oxygens (including phenoxy) is 1. The van der Waals surface area contributed by atoms with Crippen LogP contribution in [-0.2, 0) is 0 Å². The van der Waals surface area contributed by atoms with Crippen LogP contribution in [0.15, 0.2) is 28.7 Å². The van der Waals surface area contributed by atoms with Crippen molar-refractivity contribution in [2.75, 3.05) is 7.11 Å². The Morgan fingerprint density at radius 2 is 1.86 bits per heavy atom. The quantitative estimate of drug-likeness (QED) is 0.874. The summed E-state index contributed by atoms with van der Waals surface area (Å²) in [5.41, 5.74) is 3.38. The van der Waals surface area contributed by atoms with Crippen LogP contribution in [-0.4, -0.2) is 12.2 Å². The smallest absolute Gasteiger partial charge is 0.129 e. The zero-order chi connectivity index (χ0) is 15.7. The number of aliphatic hydroxyl groups excluding tert-OH is 1. The fraction of sp³-hybridized carbons (Fsp3) is 0.294. The zero-order valence-corrected chi connectivity index (χ0v) is 14.1. The van der Waals surface area contributed by atoms with Gasteiger partial charge in [0.15, 0.2) is 0 Å². The van der Waals surface area contributed by atoms with Gasteiger partial charge in [0.2, 0.25) is 0 Å². The molecule has 0 spiro atoms. The first-order valence-corrected chi connectivity index (χ1v) is 7.43. The summed E-state index contributed by atoms with van der Waals surface area (Å²) in [7, 11) is 1.55. The van der Waals surface area contributed by atoms with Gasteiger partial charge in [-0.15, -0.1) is 0 Å². The average Bonchev–Trinajstić information content (AvgIpc) is 2.41. The van der Waals surface area contributed by atoms with E-state index >= 15 is 0 Å². The van der Waals surface area contributed by atoms with Gasteiger partial charge < -0.3 is 9.84 Å². The van der Waals surface area contributed by atoms with Crippen molar-refractivity contribution in [3.05, 3.63) is 62.4 Å². The summed E-state index contributed by atoms with van der Waals surface area (Å²) in [6, 6.07) is 6.75. The SMILES string of the molecule is COc1c(C)cc(Br)c(C)c1C(O)c1ccc(C)cc1F. The highest BCUT2D eigenvalue weighted by molar-refractivity contribution is 9.10. The molecular formula is C17H18BrFO2. The van der Waals surface area contributed by atoms with Crippen LogP contribution in [0, 0.1) is 26.6 Å². The number of halogens is 2. The summed E-state index contributed by atoms with van der Waals surface area (Å²) < 4.78 is 20.4. The van der Waals surface area contributed by atoms with E-state index in [2.05, 4.69) is 15.9 Å². The molecule has 112 valence electrons. The third-order valence-electron chi connectivity index (χ3n) is 3.64. The van der Waals surface area contributed by atoms with Crippen molar-refractivity contribution in [3.8, 4) is 5.75 Å². The second-order valence-corrected chi connectivity index (χ2v) is 6.03. The molecule has 2 nitrogen and oxygen atoms in total. The molecule has 1 atom stereocenters. The molecule has 0 amide bonds. The van der Waals surface area contributed by atoms with Crippen LogP contribution in [0.2, 0.25) is 0 Å². The zero-order valence-electron chi connectivity index (χ0n) is 12.5. The fourth-order valence-electron chi connectivity index (χ4n) is 2.48. The molecule has 0 radical (unpaired) electrons. The largest absolute Gasteiger partial charge is 0.496 e. The van der Waals surface area contributed by atoms with Crippen LogP contribution >= 0.6 is 15.9 Å². The number of benzene rings is 2. The maximum absolute atomic E-state index is 14.1. The number of methoxy groups -OCH3 is 1. The molecule has 1 unspecified atom stereocenters. The Hall–Kier alpha value is -1.39. The highest BCUT2D eigenvalue weighted by atomic mass is 79.9. The van der Waals surface area contributed by atoms with Gasteiger partial charge in [0.05, 0.1) is 7.11 Å². The first kappa shape index (κ1) is 16.0. The Labute approximate surface area is 132 Å². The highest BCUT2D eigenvalue weighted by Crippen LogP contribution is 2.39. The van der Waals surface area contributed by atoms with Crippen molar-refractivity contribution in [2.45, 2.75) is 26.9 Å². The Morgan fingerprint density at radius 1 is 1.19 bits per heavy atom. The van der Waals surface area contributed by atoms with Crippen molar-refractivity contribution in [1.82, 2.24) is 0 Å². The summed E-state index contributed by atoms with van der Waals surface area (Å²) in [6.07, 6.45) is -1.07. The predicted molar refractivity (Wildman–Crippen MR) is 85.4 cm³/mol. The predicted octanol–water partition coefficient (Wildman–Crippen LogP) is 4.60. The molecule has 2 aromatic rings. The van der Waals surface area contributed by atoms with Gasteiger partial charge in [0, 0.05) is 15.6 Å². The fourth-order valence-corrected chi connectivity index (χ4v) is 3.04. The average molecular weight is 353 g/mol. The van der Waals surface area contributed by atoms with Gasteiger partial charge in [0.1, 0.15) is 17.7 Å². The molecule has 0 heterocycles. The van der Waals surface area contributed by atoms with Crippen molar-refractivity contribution in [2.24, 2.45) is 0 Å². The van der Waals surface area contributed by atoms with Gasteiger partial charge in [-0.1, -0.05) is 28.1 Å². The molecule has 0 bridgehead atoms. The first-order valence-electron chi connectivity index (χ1n) is 6.64. The lowest BCUT2D eigenvalue weighted by atomic mass is 9.93. The molecule has 2 rings (SSSR count). The summed E-state index contributed by atoms with van der Waals surface area (Å²) >= 11 is 3.47. The third kappa shape index (κ3) is 2.97. The Morgan fingerprint density at radius 3 is 2.43 bits per heavy atom. The van der Waals surface area contributed by atoms with Crippen LogP contribution < -0.4 is 4.74 Å². The van der Waals surface area contributed by atoms with Gasteiger partial charge in [-0.2, -0.15) is 0 Å². The maximum Gasteiger partial charge on any atom is 0.129 e. The van der Waals surface area contributed by atoms with Crippen LogP contribution in [0.4, 0.5) is 4.39 Å². The molecule has 0 aliphatic carbocycles. The highest BCUT2D eigenvalue weighted by Gasteiger charge is 2.23.